The molecule has 2 aliphatic rings. The Morgan fingerprint density at radius 3 is 2.56 bits per heavy atom. The summed E-state index contributed by atoms with van der Waals surface area (Å²) in [7, 11) is 3.44. The van der Waals surface area contributed by atoms with Gasteiger partial charge in [-0.05, 0) is 30.9 Å². The zero-order chi connectivity index (χ0) is 12.6. The third-order valence-corrected chi connectivity index (χ3v) is 4.48. The second-order valence-corrected chi connectivity index (χ2v) is 5.46. The van der Waals surface area contributed by atoms with E-state index in [9.17, 15) is 0 Å². The smallest absolute Gasteiger partial charge is 0.164 e. The number of rotatable bonds is 2. The van der Waals surface area contributed by atoms with Gasteiger partial charge in [-0.1, -0.05) is 18.9 Å². The highest BCUT2D eigenvalue weighted by Crippen LogP contribution is 2.42. The van der Waals surface area contributed by atoms with Crippen molar-refractivity contribution in [3.63, 3.8) is 0 Å². The molecule has 1 fully saturated rings. The summed E-state index contributed by atoms with van der Waals surface area (Å²) in [6.07, 6.45) is 6.32. The van der Waals surface area contributed by atoms with E-state index in [2.05, 4.69) is 11.4 Å². The zero-order valence-electron chi connectivity index (χ0n) is 11.2. The highest BCUT2D eigenvalue weighted by atomic mass is 16.5. The predicted octanol–water partition coefficient (Wildman–Crippen LogP) is 2.66. The topological polar surface area (TPSA) is 30.5 Å². The predicted molar refractivity (Wildman–Crippen MR) is 71.3 cm³/mol. The first-order valence-electron chi connectivity index (χ1n) is 6.76. The minimum atomic E-state index is 0.312. The molecule has 0 saturated heterocycles. The van der Waals surface area contributed by atoms with Gasteiger partial charge in [-0.25, -0.2) is 0 Å². The van der Waals surface area contributed by atoms with E-state index in [-0.39, 0.29) is 0 Å². The maximum absolute atomic E-state index is 5.58. The molecular formula is C15H21NO2. The normalized spacial score (nSPS) is 20.8. The molecule has 0 amide bonds. The van der Waals surface area contributed by atoms with Gasteiger partial charge in [0.15, 0.2) is 11.5 Å². The van der Waals surface area contributed by atoms with Crippen molar-refractivity contribution in [1.29, 1.82) is 0 Å². The third kappa shape index (κ3) is 1.77. The van der Waals surface area contributed by atoms with Crippen molar-refractivity contribution >= 4 is 0 Å². The van der Waals surface area contributed by atoms with Crippen molar-refractivity contribution in [2.24, 2.45) is 0 Å². The number of benzene rings is 1. The van der Waals surface area contributed by atoms with Crippen molar-refractivity contribution in [3.8, 4) is 11.5 Å². The van der Waals surface area contributed by atoms with Gasteiger partial charge in [-0.15, -0.1) is 0 Å². The number of hydrogen-bond donors (Lipinski definition) is 1. The van der Waals surface area contributed by atoms with Gasteiger partial charge in [0.05, 0.1) is 14.2 Å². The van der Waals surface area contributed by atoms with Gasteiger partial charge >= 0.3 is 0 Å². The molecule has 1 spiro atoms. The summed E-state index contributed by atoms with van der Waals surface area (Å²) in [4.78, 5) is 0. The Morgan fingerprint density at radius 2 is 1.89 bits per heavy atom. The molecule has 0 atom stereocenters. The molecular weight excluding hydrogens is 226 g/mol. The molecule has 1 heterocycles. The van der Waals surface area contributed by atoms with Crippen LogP contribution in [0.4, 0.5) is 0 Å². The summed E-state index contributed by atoms with van der Waals surface area (Å²) in [5, 5.41) is 3.74. The lowest BCUT2D eigenvalue weighted by atomic mass is 9.83. The van der Waals surface area contributed by atoms with E-state index < -0.39 is 0 Å². The van der Waals surface area contributed by atoms with Crippen LogP contribution in [0.5, 0.6) is 11.5 Å². The molecule has 1 aliphatic carbocycles. The molecule has 0 aromatic heterocycles. The average Bonchev–Trinajstić information content (AvgIpc) is 2.85. The molecule has 1 aromatic rings. The van der Waals surface area contributed by atoms with E-state index in [1.54, 1.807) is 14.2 Å². The Bertz CT molecular complexity index is 450. The van der Waals surface area contributed by atoms with E-state index >= 15 is 0 Å². The van der Waals surface area contributed by atoms with Crippen molar-refractivity contribution in [2.75, 3.05) is 14.2 Å². The summed E-state index contributed by atoms with van der Waals surface area (Å²) in [5.74, 6) is 1.79. The standard InChI is InChI=1S/C15H21NO2/c1-17-13-6-5-11-10-16-15(7-3-4-8-15)9-12(11)14(13)18-2/h5-6,16H,3-4,7-10H2,1-2H3. The molecule has 1 N–H and O–H groups in total. The second-order valence-electron chi connectivity index (χ2n) is 5.46. The van der Waals surface area contributed by atoms with E-state index in [4.69, 9.17) is 9.47 Å². The summed E-state index contributed by atoms with van der Waals surface area (Å²) in [6.45, 7) is 0.954. The van der Waals surface area contributed by atoms with Crippen LogP contribution >= 0.6 is 0 Å². The summed E-state index contributed by atoms with van der Waals surface area (Å²) in [5.41, 5.74) is 3.01. The highest BCUT2D eigenvalue weighted by molar-refractivity contribution is 5.52. The van der Waals surface area contributed by atoms with Crippen LogP contribution in [0.3, 0.4) is 0 Å². The molecule has 1 aliphatic heterocycles. The van der Waals surface area contributed by atoms with Gasteiger partial charge in [-0.3, -0.25) is 0 Å². The fourth-order valence-corrected chi connectivity index (χ4v) is 3.48. The van der Waals surface area contributed by atoms with Gasteiger partial charge < -0.3 is 14.8 Å². The zero-order valence-corrected chi connectivity index (χ0v) is 11.2. The Morgan fingerprint density at radius 1 is 1.11 bits per heavy atom. The summed E-state index contributed by atoms with van der Waals surface area (Å²) in [6, 6.07) is 4.16. The second kappa shape index (κ2) is 4.47. The van der Waals surface area contributed by atoms with Gasteiger partial charge in [-0.2, -0.15) is 0 Å². The van der Waals surface area contributed by atoms with Crippen LogP contribution in [0.1, 0.15) is 36.8 Å². The van der Waals surface area contributed by atoms with Gasteiger partial charge in [0.2, 0.25) is 0 Å². The molecule has 98 valence electrons. The third-order valence-electron chi connectivity index (χ3n) is 4.48. The Labute approximate surface area is 108 Å². The lowest BCUT2D eigenvalue weighted by Gasteiger charge is -2.37. The number of ether oxygens (including phenoxy) is 2. The van der Waals surface area contributed by atoms with Crippen LogP contribution in [-0.2, 0) is 13.0 Å². The minimum absolute atomic E-state index is 0.312. The molecule has 0 unspecified atom stereocenters. The number of hydrogen-bond acceptors (Lipinski definition) is 3. The van der Waals surface area contributed by atoms with Gasteiger partial charge in [0.25, 0.3) is 0 Å². The lowest BCUT2D eigenvalue weighted by Crippen LogP contribution is -2.47. The molecule has 0 radical (unpaired) electrons. The van der Waals surface area contributed by atoms with Crippen molar-refractivity contribution in [1.82, 2.24) is 5.32 Å². The first-order chi connectivity index (χ1) is 8.78. The Hall–Kier alpha value is -1.22. The van der Waals surface area contributed by atoms with Crippen LogP contribution in [0, 0.1) is 0 Å². The monoisotopic (exact) mass is 247 g/mol. The molecule has 3 rings (SSSR count). The van der Waals surface area contributed by atoms with Crippen LogP contribution in [0.2, 0.25) is 0 Å². The summed E-state index contributed by atoms with van der Waals surface area (Å²) >= 11 is 0. The summed E-state index contributed by atoms with van der Waals surface area (Å²) < 4.78 is 11.0. The molecule has 0 bridgehead atoms. The van der Waals surface area contributed by atoms with E-state index in [1.165, 1.54) is 36.8 Å². The minimum Gasteiger partial charge on any atom is -0.493 e. The van der Waals surface area contributed by atoms with Crippen molar-refractivity contribution < 1.29 is 9.47 Å². The highest BCUT2D eigenvalue weighted by Gasteiger charge is 2.38. The number of fused-ring (bicyclic) bond motifs is 1. The maximum atomic E-state index is 5.58. The Balaban J connectivity index is 2.01. The van der Waals surface area contributed by atoms with Crippen LogP contribution in [0.25, 0.3) is 0 Å². The molecule has 3 heteroatoms. The quantitative estimate of drug-likeness (QED) is 0.871. The van der Waals surface area contributed by atoms with Crippen molar-refractivity contribution in [3.05, 3.63) is 23.3 Å². The van der Waals surface area contributed by atoms with E-state index in [1.807, 2.05) is 6.07 Å². The van der Waals surface area contributed by atoms with Gasteiger partial charge in [0.1, 0.15) is 0 Å². The molecule has 3 nitrogen and oxygen atoms in total. The van der Waals surface area contributed by atoms with E-state index in [0.717, 1.165) is 24.5 Å². The van der Waals surface area contributed by atoms with Crippen LogP contribution in [0.15, 0.2) is 12.1 Å². The number of methoxy groups -OCH3 is 2. The first-order valence-corrected chi connectivity index (χ1v) is 6.76. The first kappa shape index (κ1) is 11.8. The maximum Gasteiger partial charge on any atom is 0.164 e. The fraction of sp³-hybridized carbons (Fsp3) is 0.600. The van der Waals surface area contributed by atoms with Gasteiger partial charge in [0, 0.05) is 17.6 Å². The van der Waals surface area contributed by atoms with E-state index in [0.29, 0.717) is 5.54 Å². The molecule has 1 aromatic carbocycles. The van der Waals surface area contributed by atoms with Crippen LogP contribution < -0.4 is 14.8 Å². The molecule has 18 heavy (non-hydrogen) atoms. The largest absolute Gasteiger partial charge is 0.493 e. The fourth-order valence-electron chi connectivity index (χ4n) is 3.48. The number of nitrogens with one attached hydrogen (secondary N) is 1. The Kier molecular flexibility index (Phi) is 2.94. The SMILES string of the molecule is COc1ccc2c(c1OC)CC1(CCCC1)NC2. The van der Waals surface area contributed by atoms with Crippen molar-refractivity contribution in [2.45, 2.75) is 44.2 Å². The average molecular weight is 247 g/mol. The lowest BCUT2D eigenvalue weighted by molar-refractivity contribution is 0.294. The van der Waals surface area contributed by atoms with Crippen LogP contribution in [-0.4, -0.2) is 19.8 Å². The molecule has 1 saturated carbocycles.